The number of aliphatic hydroxyl groups is 1. The predicted molar refractivity (Wildman–Crippen MR) is 73.9 cm³/mol. The molecular weight excluding hydrogens is 244 g/mol. The van der Waals surface area contributed by atoms with Gasteiger partial charge in [0, 0.05) is 4.90 Å². The third kappa shape index (κ3) is 2.94. The molecule has 0 amide bonds. The molecule has 1 unspecified atom stereocenters. The number of aromatic nitrogens is 2. The lowest BCUT2D eigenvalue weighted by Gasteiger charge is -2.04. The van der Waals surface area contributed by atoms with Crippen LogP contribution in [0.5, 0.6) is 0 Å². The van der Waals surface area contributed by atoms with Crippen molar-refractivity contribution in [2.24, 2.45) is 0 Å². The Morgan fingerprint density at radius 3 is 2.39 bits per heavy atom. The van der Waals surface area contributed by atoms with E-state index in [1.54, 1.807) is 18.7 Å². The molecule has 0 aliphatic rings. The second-order valence-electron chi connectivity index (χ2n) is 4.58. The van der Waals surface area contributed by atoms with Crippen molar-refractivity contribution in [1.82, 2.24) is 9.97 Å². The second kappa shape index (κ2) is 5.59. The standard InChI is InChI=1S/C14H18N2OS/c1-9(2)12-14(16-13(15-12)10(3)17)18-11-7-5-4-6-8-11/h4-10,17H,1-3H3,(H,15,16). The minimum absolute atomic E-state index is 0.333. The maximum Gasteiger partial charge on any atom is 0.135 e. The van der Waals surface area contributed by atoms with Crippen LogP contribution in [-0.4, -0.2) is 15.1 Å². The summed E-state index contributed by atoms with van der Waals surface area (Å²) >= 11 is 1.65. The summed E-state index contributed by atoms with van der Waals surface area (Å²) in [6, 6.07) is 10.2. The van der Waals surface area contributed by atoms with Crippen LogP contribution in [-0.2, 0) is 0 Å². The van der Waals surface area contributed by atoms with Gasteiger partial charge in [0.2, 0.25) is 0 Å². The first kappa shape index (κ1) is 13.2. The molecular formula is C14H18N2OS. The smallest absolute Gasteiger partial charge is 0.135 e. The van der Waals surface area contributed by atoms with Crippen molar-refractivity contribution in [1.29, 1.82) is 0 Å². The molecule has 0 spiro atoms. The molecule has 1 aromatic heterocycles. The Kier molecular flexibility index (Phi) is 4.09. The Bertz CT molecular complexity index is 506. The molecule has 96 valence electrons. The number of aliphatic hydroxyl groups excluding tert-OH is 1. The summed E-state index contributed by atoms with van der Waals surface area (Å²) < 4.78 is 0. The Morgan fingerprint density at radius 1 is 1.17 bits per heavy atom. The van der Waals surface area contributed by atoms with Crippen molar-refractivity contribution in [2.75, 3.05) is 0 Å². The normalized spacial score (nSPS) is 12.9. The van der Waals surface area contributed by atoms with Gasteiger partial charge in [0.15, 0.2) is 0 Å². The van der Waals surface area contributed by atoms with Gasteiger partial charge in [-0.15, -0.1) is 0 Å². The van der Waals surface area contributed by atoms with Gasteiger partial charge in [-0.3, -0.25) is 0 Å². The Hall–Kier alpha value is -1.26. The summed E-state index contributed by atoms with van der Waals surface area (Å²) in [7, 11) is 0. The van der Waals surface area contributed by atoms with Gasteiger partial charge in [-0.2, -0.15) is 0 Å². The number of aromatic amines is 1. The van der Waals surface area contributed by atoms with Crippen LogP contribution in [0.25, 0.3) is 0 Å². The lowest BCUT2D eigenvalue weighted by atomic mass is 10.2. The summed E-state index contributed by atoms with van der Waals surface area (Å²) in [5, 5.41) is 10.6. The van der Waals surface area contributed by atoms with Gasteiger partial charge in [0.25, 0.3) is 0 Å². The monoisotopic (exact) mass is 262 g/mol. The molecule has 0 aliphatic carbocycles. The van der Waals surface area contributed by atoms with Crippen molar-refractivity contribution in [3.05, 3.63) is 41.9 Å². The molecule has 0 fully saturated rings. The first-order valence-electron chi connectivity index (χ1n) is 6.08. The molecule has 2 rings (SSSR count). The van der Waals surface area contributed by atoms with Crippen molar-refractivity contribution >= 4 is 11.8 Å². The van der Waals surface area contributed by atoms with Crippen LogP contribution < -0.4 is 0 Å². The zero-order valence-electron chi connectivity index (χ0n) is 10.8. The highest BCUT2D eigenvalue weighted by molar-refractivity contribution is 7.99. The number of benzene rings is 1. The number of hydrogen-bond donors (Lipinski definition) is 2. The Balaban J connectivity index is 2.31. The van der Waals surface area contributed by atoms with Crippen LogP contribution in [0.2, 0.25) is 0 Å². The van der Waals surface area contributed by atoms with E-state index < -0.39 is 6.10 Å². The van der Waals surface area contributed by atoms with Crippen molar-refractivity contribution in [3.8, 4) is 0 Å². The third-order valence-electron chi connectivity index (χ3n) is 2.62. The van der Waals surface area contributed by atoms with E-state index in [9.17, 15) is 5.11 Å². The quantitative estimate of drug-likeness (QED) is 0.882. The van der Waals surface area contributed by atoms with E-state index in [0.29, 0.717) is 11.7 Å². The van der Waals surface area contributed by atoms with Crippen LogP contribution in [0, 0.1) is 0 Å². The number of nitrogens with zero attached hydrogens (tertiary/aromatic N) is 1. The average Bonchev–Trinajstić information content (AvgIpc) is 2.74. The minimum Gasteiger partial charge on any atom is -0.385 e. The molecule has 4 heteroatoms. The van der Waals surface area contributed by atoms with E-state index >= 15 is 0 Å². The number of nitrogens with one attached hydrogen (secondary N) is 1. The average molecular weight is 262 g/mol. The molecule has 3 nitrogen and oxygen atoms in total. The van der Waals surface area contributed by atoms with E-state index in [-0.39, 0.29) is 0 Å². The summed E-state index contributed by atoms with van der Waals surface area (Å²) in [5.74, 6) is 0.970. The molecule has 0 saturated carbocycles. The van der Waals surface area contributed by atoms with Crippen LogP contribution in [0.1, 0.15) is 44.3 Å². The summed E-state index contributed by atoms with van der Waals surface area (Å²) in [6.45, 7) is 5.94. The zero-order chi connectivity index (χ0) is 13.1. The number of hydrogen-bond acceptors (Lipinski definition) is 3. The summed E-state index contributed by atoms with van der Waals surface area (Å²) in [4.78, 5) is 8.86. The second-order valence-corrected chi connectivity index (χ2v) is 5.67. The topological polar surface area (TPSA) is 48.9 Å². The first-order valence-corrected chi connectivity index (χ1v) is 6.90. The van der Waals surface area contributed by atoms with Crippen LogP contribution >= 0.6 is 11.8 Å². The highest BCUT2D eigenvalue weighted by Gasteiger charge is 2.16. The molecule has 0 aliphatic heterocycles. The molecule has 2 N–H and O–H groups in total. The molecule has 1 atom stereocenters. The molecule has 2 aromatic rings. The highest BCUT2D eigenvalue weighted by atomic mass is 32.2. The molecule has 0 saturated heterocycles. The Labute approximate surface area is 112 Å². The highest BCUT2D eigenvalue weighted by Crippen LogP contribution is 2.33. The molecule has 1 aromatic carbocycles. The van der Waals surface area contributed by atoms with Crippen LogP contribution in [0.3, 0.4) is 0 Å². The van der Waals surface area contributed by atoms with Gasteiger partial charge >= 0.3 is 0 Å². The molecule has 0 bridgehead atoms. The van der Waals surface area contributed by atoms with E-state index in [4.69, 9.17) is 0 Å². The van der Waals surface area contributed by atoms with Gasteiger partial charge in [0.05, 0.1) is 5.69 Å². The molecule has 18 heavy (non-hydrogen) atoms. The number of rotatable bonds is 4. The van der Waals surface area contributed by atoms with Gasteiger partial charge in [-0.1, -0.05) is 43.8 Å². The maximum absolute atomic E-state index is 9.61. The van der Waals surface area contributed by atoms with Gasteiger partial charge in [-0.05, 0) is 25.0 Å². The molecule has 1 heterocycles. The fourth-order valence-electron chi connectivity index (χ4n) is 1.66. The van der Waals surface area contributed by atoms with Crippen molar-refractivity contribution in [2.45, 2.75) is 42.7 Å². The lowest BCUT2D eigenvalue weighted by Crippen LogP contribution is -1.94. The largest absolute Gasteiger partial charge is 0.385 e. The minimum atomic E-state index is -0.562. The summed E-state index contributed by atoms with van der Waals surface area (Å²) in [5.41, 5.74) is 1.01. The predicted octanol–water partition coefficient (Wildman–Crippen LogP) is 3.74. The fourth-order valence-corrected chi connectivity index (χ4v) is 2.73. The van der Waals surface area contributed by atoms with Crippen molar-refractivity contribution in [3.63, 3.8) is 0 Å². The van der Waals surface area contributed by atoms with E-state index in [2.05, 4.69) is 35.9 Å². The van der Waals surface area contributed by atoms with Gasteiger partial charge in [-0.25, -0.2) is 4.98 Å². The Morgan fingerprint density at radius 2 is 1.83 bits per heavy atom. The lowest BCUT2D eigenvalue weighted by molar-refractivity contribution is 0.189. The number of H-pyrrole nitrogens is 1. The van der Waals surface area contributed by atoms with E-state index in [0.717, 1.165) is 10.7 Å². The van der Waals surface area contributed by atoms with Gasteiger partial charge in [0.1, 0.15) is 17.0 Å². The molecule has 0 radical (unpaired) electrons. The zero-order valence-corrected chi connectivity index (χ0v) is 11.7. The van der Waals surface area contributed by atoms with E-state index in [1.807, 2.05) is 18.2 Å². The van der Waals surface area contributed by atoms with E-state index in [1.165, 1.54) is 4.90 Å². The number of imidazole rings is 1. The maximum atomic E-state index is 9.61. The third-order valence-corrected chi connectivity index (χ3v) is 3.64. The first-order chi connectivity index (χ1) is 8.58. The van der Waals surface area contributed by atoms with Crippen LogP contribution in [0.4, 0.5) is 0 Å². The van der Waals surface area contributed by atoms with Crippen molar-refractivity contribution < 1.29 is 5.11 Å². The van der Waals surface area contributed by atoms with Gasteiger partial charge < -0.3 is 10.1 Å². The van der Waals surface area contributed by atoms with Crippen LogP contribution in [0.15, 0.2) is 40.3 Å². The summed E-state index contributed by atoms with van der Waals surface area (Å²) in [6.07, 6.45) is -0.562. The fraction of sp³-hybridized carbons (Fsp3) is 0.357. The SMILES string of the molecule is CC(C)c1nc(C(C)O)[nH]c1Sc1ccccc1.